The zero-order chi connectivity index (χ0) is 9.31. The van der Waals surface area contributed by atoms with Crippen molar-refractivity contribution in [3.8, 4) is 0 Å². The second-order valence-electron chi connectivity index (χ2n) is 3.51. The maximum Gasteiger partial charge on any atom is 0.165 e. The SMILES string of the molecule is CC1(n2nnnc2CN)CCOC1. The summed E-state index contributed by atoms with van der Waals surface area (Å²) < 4.78 is 7.10. The predicted molar refractivity (Wildman–Crippen MR) is 44.8 cm³/mol. The molecule has 13 heavy (non-hydrogen) atoms. The molecular formula is C7H13N5O. The maximum absolute atomic E-state index is 5.52. The van der Waals surface area contributed by atoms with E-state index in [1.807, 2.05) is 0 Å². The van der Waals surface area contributed by atoms with Gasteiger partial charge >= 0.3 is 0 Å². The van der Waals surface area contributed by atoms with Crippen molar-refractivity contribution >= 4 is 0 Å². The lowest BCUT2D eigenvalue weighted by molar-refractivity contribution is 0.153. The summed E-state index contributed by atoms with van der Waals surface area (Å²) in [5, 5.41) is 11.4. The molecule has 1 fully saturated rings. The lowest BCUT2D eigenvalue weighted by Crippen LogP contribution is -2.33. The van der Waals surface area contributed by atoms with E-state index >= 15 is 0 Å². The number of hydrogen-bond donors (Lipinski definition) is 1. The summed E-state index contributed by atoms with van der Waals surface area (Å²) in [5.74, 6) is 0.716. The highest BCUT2D eigenvalue weighted by atomic mass is 16.5. The van der Waals surface area contributed by atoms with Crippen molar-refractivity contribution in [3.05, 3.63) is 5.82 Å². The van der Waals surface area contributed by atoms with Gasteiger partial charge in [-0.3, -0.25) is 0 Å². The van der Waals surface area contributed by atoms with E-state index in [2.05, 4.69) is 22.4 Å². The molecule has 0 radical (unpaired) electrons. The molecule has 2 rings (SSSR count). The van der Waals surface area contributed by atoms with Crippen LogP contribution in [-0.2, 0) is 16.8 Å². The quantitative estimate of drug-likeness (QED) is 0.653. The fourth-order valence-electron chi connectivity index (χ4n) is 1.58. The van der Waals surface area contributed by atoms with Crippen molar-refractivity contribution in [3.63, 3.8) is 0 Å². The van der Waals surface area contributed by atoms with Gasteiger partial charge < -0.3 is 10.5 Å². The highest BCUT2D eigenvalue weighted by Gasteiger charge is 2.34. The van der Waals surface area contributed by atoms with Gasteiger partial charge in [0.2, 0.25) is 0 Å². The monoisotopic (exact) mass is 183 g/mol. The van der Waals surface area contributed by atoms with Gasteiger partial charge in [0.15, 0.2) is 5.82 Å². The Bertz CT molecular complexity index is 291. The van der Waals surface area contributed by atoms with Crippen molar-refractivity contribution in [1.29, 1.82) is 0 Å². The van der Waals surface area contributed by atoms with E-state index in [0.29, 0.717) is 19.0 Å². The van der Waals surface area contributed by atoms with Crippen LogP contribution in [0.4, 0.5) is 0 Å². The topological polar surface area (TPSA) is 78.9 Å². The lowest BCUT2D eigenvalue weighted by atomic mass is 10.0. The summed E-state index contributed by atoms with van der Waals surface area (Å²) in [7, 11) is 0. The van der Waals surface area contributed by atoms with Crippen molar-refractivity contribution in [1.82, 2.24) is 20.2 Å². The number of nitrogens with two attached hydrogens (primary N) is 1. The van der Waals surface area contributed by atoms with Gasteiger partial charge in [0.05, 0.1) is 18.7 Å². The molecule has 2 N–H and O–H groups in total. The highest BCUT2D eigenvalue weighted by Crippen LogP contribution is 2.26. The molecule has 0 bridgehead atoms. The van der Waals surface area contributed by atoms with Crippen LogP contribution in [0.1, 0.15) is 19.2 Å². The van der Waals surface area contributed by atoms with Crippen LogP contribution in [0.25, 0.3) is 0 Å². The first-order chi connectivity index (χ1) is 6.26. The minimum absolute atomic E-state index is 0.113. The van der Waals surface area contributed by atoms with Gasteiger partial charge in [0.1, 0.15) is 0 Å². The average molecular weight is 183 g/mol. The van der Waals surface area contributed by atoms with E-state index in [4.69, 9.17) is 10.5 Å². The van der Waals surface area contributed by atoms with Crippen LogP contribution in [-0.4, -0.2) is 33.4 Å². The van der Waals surface area contributed by atoms with E-state index in [0.717, 1.165) is 13.0 Å². The number of aromatic nitrogens is 4. The number of tetrazole rings is 1. The Labute approximate surface area is 76.1 Å². The van der Waals surface area contributed by atoms with Crippen LogP contribution in [0, 0.1) is 0 Å². The van der Waals surface area contributed by atoms with E-state index in [-0.39, 0.29) is 5.54 Å². The molecule has 0 spiro atoms. The molecule has 1 aromatic heterocycles. The van der Waals surface area contributed by atoms with Gasteiger partial charge in [0.25, 0.3) is 0 Å². The Balaban J connectivity index is 2.32. The first-order valence-electron chi connectivity index (χ1n) is 4.32. The normalized spacial score (nSPS) is 28.2. The molecule has 0 amide bonds. The first-order valence-corrected chi connectivity index (χ1v) is 4.32. The van der Waals surface area contributed by atoms with Crippen LogP contribution >= 0.6 is 0 Å². The molecule has 0 aromatic carbocycles. The van der Waals surface area contributed by atoms with Gasteiger partial charge in [-0.1, -0.05) is 0 Å². The minimum Gasteiger partial charge on any atom is -0.379 e. The first kappa shape index (κ1) is 8.58. The minimum atomic E-state index is -0.113. The molecule has 1 unspecified atom stereocenters. The fraction of sp³-hybridized carbons (Fsp3) is 0.857. The van der Waals surface area contributed by atoms with E-state index in [1.54, 1.807) is 4.68 Å². The summed E-state index contributed by atoms with van der Waals surface area (Å²) in [6.07, 6.45) is 0.936. The zero-order valence-electron chi connectivity index (χ0n) is 7.60. The third-order valence-corrected chi connectivity index (χ3v) is 2.43. The van der Waals surface area contributed by atoms with E-state index in [9.17, 15) is 0 Å². The van der Waals surface area contributed by atoms with Crippen molar-refractivity contribution in [2.45, 2.75) is 25.4 Å². The Morgan fingerprint density at radius 3 is 3.15 bits per heavy atom. The fourth-order valence-corrected chi connectivity index (χ4v) is 1.58. The molecular weight excluding hydrogens is 170 g/mol. The van der Waals surface area contributed by atoms with Crippen LogP contribution in [0.2, 0.25) is 0 Å². The smallest absolute Gasteiger partial charge is 0.165 e. The standard InChI is InChI=1S/C7H13N5O/c1-7(2-3-13-5-7)12-6(4-8)9-10-11-12/h2-5,8H2,1H3. The number of rotatable bonds is 2. The van der Waals surface area contributed by atoms with Gasteiger partial charge in [-0.05, 0) is 23.8 Å². The summed E-state index contributed by atoms with van der Waals surface area (Å²) in [4.78, 5) is 0. The molecule has 6 nitrogen and oxygen atoms in total. The second kappa shape index (κ2) is 3.04. The Hall–Kier alpha value is -1.01. The molecule has 1 atom stereocenters. The molecule has 2 heterocycles. The van der Waals surface area contributed by atoms with Crippen molar-refractivity contribution in [2.24, 2.45) is 5.73 Å². The van der Waals surface area contributed by atoms with Crippen molar-refractivity contribution in [2.75, 3.05) is 13.2 Å². The lowest BCUT2D eigenvalue weighted by Gasteiger charge is -2.22. The molecule has 1 aliphatic heterocycles. The van der Waals surface area contributed by atoms with Gasteiger partial charge in [-0.2, -0.15) is 0 Å². The highest BCUT2D eigenvalue weighted by molar-refractivity contribution is 4.92. The Morgan fingerprint density at radius 1 is 1.69 bits per heavy atom. The zero-order valence-corrected chi connectivity index (χ0v) is 7.60. The Morgan fingerprint density at radius 2 is 2.54 bits per heavy atom. The van der Waals surface area contributed by atoms with Gasteiger partial charge in [-0.15, -0.1) is 5.10 Å². The average Bonchev–Trinajstić information content (AvgIpc) is 2.72. The molecule has 1 aliphatic rings. The number of hydrogen-bond acceptors (Lipinski definition) is 5. The Kier molecular flexibility index (Phi) is 2.01. The number of ether oxygens (including phenoxy) is 1. The largest absolute Gasteiger partial charge is 0.379 e. The van der Waals surface area contributed by atoms with E-state index < -0.39 is 0 Å². The van der Waals surface area contributed by atoms with Crippen LogP contribution < -0.4 is 5.73 Å². The molecule has 0 saturated carbocycles. The summed E-state index contributed by atoms with van der Waals surface area (Å²) in [6, 6.07) is 0. The summed E-state index contributed by atoms with van der Waals surface area (Å²) >= 11 is 0. The summed E-state index contributed by atoms with van der Waals surface area (Å²) in [6.45, 7) is 3.86. The van der Waals surface area contributed by atoms with Crippen LogP contribution in [0.5, 0.6) is 0 Å². The number of nitrogens with zero attached hydrogens (tertiary/aromatic N) is 4. The second-order valence-corrected chi connectivity index (χ2v) is 3.51. The third-order valence-electron chi connectivity index (χ3n) is 2.43. The van der Waals surface area contributed by atoms with E-state index in [1.165, 1.54) is 0 Å². The predicted octanol–water partition coefficient (Wildman–Crippen LogP) is -0.733. The van der Waals surface area contributed by atoms with Crippen molar-refractivity contribution < 1.29 is 4.74 Å². The van der Waals surface area contributed by atoms with Crippen LogP contribution in [0.3, 0.4) is 0 Å². The molecule has 1 saturated heterocycles. The summed E-state index contributed by atoms with van der Waals surface area (Å²) in [5.41, 5.74) is 5.40. The van der Waals surface area contributed by atoms with Crippen LogP contribution in [0.15, 0.2) is 0 Å². The molecule has 6 heteroatoms. The molecule has 72 valence electrons. The van der Waals surface area contributed by atoms with Gasteiger partial charge in [0, 0.05) is 6.61 Å². The molecule has 0 aliphatic carbocycles. The van der Waals surface area contributed by atoms with Gasteiger partial charge in [-0.25, -0.2) is 4.68 Å². The maximum atomic E-state index is 5.52. The third kappa shape index (κ3) is 1.31. The molecule has 1 aromatic rings.